The van der Waals surface area contributed by atoms with Crippen molar-refractivity contribution in [2.24, 2.45) is 5.84 Å². The number of nitrogens with two attached hydrogens (primary N) is 2. The van der Waals surface area contributed by atoms with Gasteiger partial charge in [0.1, 0.15) is 6.33 Å². The Hall–Kier alpha value is -1.27. The fourth-order valence-electron chi connectivity index (χ4n) is 1.19. The van der Waals surface area contributed by atoms with Crippen LogP contribution in [0.4, 0.5) is 11.6 Å². The lowest BCUT2D eigenvalue weighted by Gasteiger charge is -2.18. The molecule has 6 heteroatoms. The molecule has 1 aliphatic heterocycles. The number of hydrogen-bond acceptors (Lipinski definition) is 5. The molecule has 0 bridgehead atoms. The van der Waals surface area contributed by atoms with Gasteiger partial charge in [-0.2, -0.15) is 5.01 Å². The number of fused-ring (bicyclic) bond motifs is 1. The SMILES string of the molecule is CN1Cn2cnc(N)c2N1N. The van der Waals surface area contributed by atoms with Crippen LogP contribution in [-0.2, 0) is 6.67 Å². The topological polar surface area (TPSA) is 76.3 Å². The Morgan fingerprint density at radius 2 is 2.36 bits per heavy atom. The zero-order valence-electron chi connectivity index (χ0n) is 6.23. The highest BCUT2D eigenvalue weighted by molar-refractivity contribution is 5.58. The van der Waals surface area contributed by atoms with Gasteiger partial charge in [0.05, 0.1) is 6.67 Å². The second-order valence-electron chi connectivity index (χ2n) is 2.57. The molecule has 0 saturated carbocycles. The van der Waals surface area contributed by atoms with E-state index in [9.17, 15) is 0 Å². The van der Waals surface area contributed by atoms with Crippen LogP contribution in [0.3, 0.4) is 0 Å². The summed E-state index contributed by atoms with van der Waals surface area (Å²) in [6.07, 6.45) is 1.67. The van der Waals surface area contributed by atoms with Gasteiger partial charge in [-0.15, -0.1) is 0 Å². The minimum absolute atomic E-state index is 0.469. The van der Waals surface area contributed by atoms with E-state index in [4.69, 9.17) is 11.6 Å². The van der Waals surface area contributed by atoms with E-state index in [1.807, 2.05) is 16.6 Å². The van der Waals surface area contributed by atoms with Gasteiger partial charge in [-0.05, 0) is 0 Å². The third-order valence-corrected chi connectivity index (χ3v) is 1.78. The molecule has 0 fully saturated rings. The predicted molar refractivity (Wildman–Crippen MR) is 41.1 cm³/mol. The third kappa shape index (κ3) is 0.702. The van der Waals surface area contributed by atoms with Crippen LogP contribution >= 0.6 is 0 Å². The summed E-state index contributed by atoms with van der Waals surface area (Å²) in [6.45, 7) is 0.704. The van der Waals surface area contributed by atoms with Gasteiger partial charge in [0.15, 0.2) is 11.6 Å². The van der Waals surface area contributed by atoms with Gasteiger partial charge in [-0.3, -0.25) is 4.57 Å². The summed E-state index contributed by atoms with van der Waals surface area (Å²) in [5.74, 6) is 6.88. The van der Waals surface area contributed by atoms with E-state index in [1.165, 1.54) is 5.12 Å². The second-order valence-corrected chi connectivity index (χ2v) is 2.57. The lowest BCUT2D eigenvalue weighted by molar-refractivity contribution is 0.294. The Bertz CT molecular complexity index is 279. The van der Waals surface area contributed by atoms with E-state index >= 15 is 0 Å². The van der Waals surface area contributed by atoms with Crippen molar-refractivity contribution < 1.29 is 0 Å². The van der Waals surface area contributed by atoms with E-state index in [2.05, 4.69) is 4.98 Å². The summed E-state index contributed by atoms with van der Waals surface area (Å²) >= 11 is 0. The smallest absolute Gasteiger partial charge is 0.184 e. The standard InChI is InChI=1S/C5H10N6/c1-9-3-10-2-8-4(6)5(10)11(9)7/h2H,3,6-7H2,1H3. The molecule has 60 valence electrons. The molecule has 2 rings (SSSR count). The van der Waals surface area contributed by atoms with Gasteiger partial charge in [0, 0.05) is 7.05 Å². The van der Waals surface area contributed by atoms with Gasteiger partial charge in [-0.1, -0.05) is 0 Å². The van der Waals surface area contributed by atoms with Crippen molar-refractivity contribution >= 4 is 11.6 Å². The van der Waals surface area contributed by atoms with Crippen LogP contribution in [0.15, 0.2) is 6.33 Å². The molecule has 0 aliphatic carbocycles. The Kier molecular flexibility index (Phi) is 1.09. The van der Waals surface area contributed by atoms with Crippen molar-refractivity contribution in [1.82, 2.24) is 14.6 Å². The highest BCUT2D eigenvalue weighted by atomic mass is 15.8. The van der Waals surface area contributed by atoms with E-state index in [-0.39, 0.29) is 0 Å². The Balaban J connectivity index is 2.49. The molecule has 0 saturated heterocycles. The number of hydrogen-bond donors (Lipinski definition) is 2. The third-order valence-electron chi connectivity index (χ3n) is 1.78. The largest absolute Gasteiger partial charge is 0.381 e. The van der Waals surface area contributed by atoms with Crippen LogP contribution in [0.1, 0.15) is 0 Å². The van der Waals surface area contributed by atoms with E-state index in [0.29, 0.717) is 12.5 Å². The van der Waals surface area contributed by atoms with Gasteiger partial charge in [-0.25, -0.2) is 15.9 Å². The number of rotatable bonds is 0. The average molecular weight is 154 g/mol. The highest BCUT2D eigenvalue weighted by Crippen LogP contribution is 2.25. The molecule has 0 radical (unpaired) electrons. The molecule has 6 nitrogen and oxygen atoms in total. The maximum atomic E-state index is 5.65. The summed E-state index contributed by atoms with van der Waals surface area (Å²) in [7, 11) is 1.88. The van der Waals surface area contributed by atoms with Crippen LogP contribution in [-0.4, -0.2) is 21.6 Å². The molecule has 0 aromatic carbocycles. The van der Waals surface area contributed by atoms with Gasteiger partial charge >= 0.3 is 0 Å². The first-order chi connectivity index (χ1) is 5.20. The van der Waals surface area contributed by atoms with Crippen molar-refractivity contribution in [3.8, 4) is 0 Å². The van der Waals surface area contributed by atoms with Crippen molar-refractivity contribution in [3.63, 3.8) is 0 Å². The first kappa shape index (κ1) is 6.44. The minimum atomic E-state index is 0.469. The van der Waals surface area contributed by atoms with Crippen LogP contribution in [0, 0.1) is 0 Å². The number of hydrazine groups is 2. The monoisotopic (exact) mass is 154 g/mol. The number of anilines is 2. The fraction of sp³-hybridized carbons (Fsp3) is 0.400. The van der Waals surface area contributed by atoms with Gasteiger partial charge < -0.3 is 5.73 Å². The fourth-order valence-corrected chi connectivity index (χ4v) is 1.19. The van der Waals surface area contributed by atoms with E-state index < -0.39 is 0 Å². The summed E-state index contributed by atoms with van der Waals surface area (Å²) in [5, 5.41) is 3.33. The van der Waals surface area contributed by atoms with Crippen molar-refractivity contribution in [1.29, 1.82) is 0 Å². The van der Waals surface area contributed by atoms with Crippen LogP contribution in [0.2, 0.25) is 0 Å². The zero-order valence-corrected chi connectivity index (χ0v) is 6.23. The molecule has 0 unspecified atom stereocenters. The number of imidazole rings is 1. The lowest BCUT2D eigenvalue weighted by atomic mass is 10.7. The summed E-state index contributed by atoms with van der Waals surface area (Å²) in [6, 6.07) is 0. The average Bonchev–Trinajstić information content (AvgIpc) is 2.41. The Morgan fingerprint density at radius 1 is 1.64 bits per heavy atom. The van der Waals surface area contributed by atoms with E-state index in [0.717, 1.165) is 5.82 Å². The van der Waals surface area contributed by atoms with Crippen molar-refractivity contribution in [2.75, 3.05) is 17.9 Å². The highest BCUT2D eigenvalue weighted by Gasteiger charge is 2.24. The molecule has 0 amide bonds. The molecule has 0 atom stereocenters. The van der Waals surface area contributed by atoms with Gasteiger partial charge in [0.2, 0.25) is 0 Å². The Labute approximate surface area is 63.9 Å². The lowest BCUT2D eigenvalue weighted by Crippen LogP contribution is -2.40. The molecule has 2 heterocycles. The minimum Gasteiger partial charge on any atom is -0.381 e. The van der Waals surface area contributed by atoms with Gasteiger partial charge in [0.25, 0.3) is 0 Å². The molecule has 4 N–H and O–H groups in total. The maximum absolute atomic E-state index is 5.65. The molecule has 1 aromatic rings. The van der Waals surface area contributed by atoms with Crippen molar-refractivity contribution in [2.45, 2.75) is 6.67 Å². The summed E-state index contributed by atoms with van der Waals surface area (Å²) in [4.78, 5) is 3.92. The van der Waals surface area contributed by atoms with Crippen LogP contribution < -0.4 is 16.7 Å². The van der Waals surface area contributed by atoms with E-state index in [1.54, 1.807) is 6.33 Å². The normalized spacial score (nSPS) is 17.5. The summed E-state index contributed by atoms with van der Waals surface area (Å²) in [5.41, 5.74) is 5.56. The first-order valence-corrected chi connectivity index (χ1v) is 3.26. The number of nitrogens with zero attached hydrogens (tertiary/aromatic N) is 4. The molecular weight excluding hydrogens is 144 g/mol. The molecule has 0 spiro atoms. The number of nitrogen functional groups attached to an aromatic ring is 1. The molecule has 1 aliphatic rings. The van der Waals surface area contributed by atoms with Crippen LogP contribution in [0.25, 0.3) is 0 Å². The quantitative estimate of drug-likeness (QED) is 0.467. The first-order valence-electron chi connectivity index (χ1n) is 3.26. The maximum Gasteiger partial charge on any atom is 0.184 e. The zero-order chi connectivity index (χ0) is 8.01. The Morgan fingerprint density at radius 3 is 3.00 bits per heavy atom. The number of aromatic nitrogens is 2. The molecule has 1 aromatic heterocycles. The van der Waals surface area contributed by atoms with Crippen molar-refractivity contribution in [3.05, 3.63) is 6.33 Å². The second kappa shape index (κ2) is 1.86. The summed E-state index contributed by atoms with van der Waals surface area (Å²) < 4.78 is 1.88. The molecule has 11 heavy (non-hydrogen) atoms. The van der Waals surface area contributed by atoms with Crippen LogP contribution in [0.5, 0.6) is 0 Å². The predicted octanol–water partition coefficient (Wildman–Crippen LogP) is -1.04. The molecular formula is C5H10N6.